The van der Waals surface area contributed by atoms with E-state index in [-0.39, 0.29) is 0 Å². The summed E-state index contributed by atoms with van der Waals surface area (Å²) in [5.41, 5.74) is 1.01. The van der Waals surface area contributed by atoms with Crippen LogP contribution in [0, 0.1) is 0 Å². The van der Waals surface area contributed by atoms with Crippen molar-refractivity contribution in [2.75, 3.05) is 0 Å². The second kappa shape index (κ2) is 10.7. The lowest BCUT2D eigenvalue weighted by Gasteiger charge is -1.90. The van der Waals surface area contributed by atoms with Crippen LogP contribution >= 0.6 is 0 Å². The second-order valence-corrected chi connectivity index (χ2v) is 3.08. The van der Waals surface area contributed by atoms with Crippen LogP contribution in [0.1, 0.15) is 33.6 Å². The van der Waals surface area contributed by atoms with Crippen molar-refractivity contribution in [3.63, 3.8) is 0 Å². The zero-order valence-corrected chi connectivity index (χ0v) is 9.98. The van der Waals surface area contributed by atoms with Crippen LogP contribution in [0.5, 0.6) is 0 Å². The molecule has 15 heavy (non-hydrogen) atoms. The van der Waals surface area contributed by atoms with Crippen LogP contribution in [-0.4, -0.2) is 6.21 Å². The van der Waals surface area contributed by atoms with Crippen LogP contribution in [0.2, 0.25) is 0 Å². The molecule has 0 aliphatic heterocycles. The average Bonchev–Trinajstić information content (AvgIpc) is 2.26. The van der Waals surface area contributed by atoms with E-state index in [1.807, 2.05) is 62.6 Å². The predicted octanol–water partition coefficient (Wildman–Crippen LogP) is 4.45. The van der Waals surface area contributed by atoms with E-state index in [1.165, 1.54) is 0 Å². The Balaban J connectivity index is 4.10. The lowest BCUT2D eigenvalue weighted by Crippen LogP contribution is -1.75. The SMILES string of the molecule is C/C=C/C=C\C=C/C(=C\C)/N=C\CCC. The van der Waals surface area contributed by atoms with Crippen molar-refractivity contribution < 1.29 is 0 Å². The average molecular weight is 203 g/mol. The third-order valence-electron chi connectivity index (χ3n) is 1.75. The first-order valence-electron chi connectivity index (χ1n) is 5.50. The maximum Gasteiger partial charge on any atom is 0.0583 e. The van der Waals surface area contributed by atoms with E-state index in [2.05, 4.69) is 11.9 Å². The molecule has 0 heterocycles. The van der Waals surface area contributed by atoms with E-state index in [0.717, 1.165) is 18.5 Å². The van der Waals surface area contributed by atoms with E-state index >= 15 is 0 Å². The largest absolute Gasteiger partial charge is 0.262 e. The van der Waals surface area contributed by atoms with Crippen LogP contribution in [0.15, 0.2) is 53.2 Å². The van der Waals surface area contributed by atoms with Crippen molar-refractivity contribution in [3.05, 3.63) is 48.2 Å². The molecule has 0 saturated carbocycles. The molecule has 0 amide bonds. The fraction of sp³-hybridized carbons (Fsp3) is 0.357. The van der Waals surface area contributed by atoms with Gasteiger partial charge < -0.3 is 0 Å². The first-order chi connectivity index (χ1) is 7.35. The Labute approximate surface area is 93.6 Å². The molecular formula is C14H21N. The van der Waals surface area contributed by atoms with Gasteiger partial charge in [0.05, 0.1) is 5.70 Å². The topological polar surface area (TPSA) is 12.4 Å². The van der Waals surface area contributed by atoms with Crippen molar-refractivity contribution in [2.45, 2.75) is 33.6 Å². The van der Waals surface area contributed by atoms with Gasteiger partial charge in [-0.25, -0.2) is 0 Å². The molecule has 0 aliphatic carbocycles. The molecule has 1 heteroatoms. The molecule has 0 saturated heterocycles. The minimum Gasteiger partial charge on any atom is -0.262 e. The monoisotopic (exact) mass is 203 g/mol. The number of nitrogens with zero attached hydrogens (tertiary/aromatic N) is 1. The Morgan fingerprint density at radius 1 is 1.07 bits per heavy atom. The number of allylic oxidation sites excluding steroid dienone is 7. The van der Waals surface area contributed by atoms with E-state index in [1.54, 1.807) is 0 Å². The normalized spacial score (nSPS) is 14.2. The van der Waals surface area contributed by atoms with Crippen LogP contribution in [0.3, 0.4) is 0 Å². The summed E-state index contributed by atoms with van der Waals surface area (Å²) < 4.78 is 0. The lowest BCUT2D eigenvalue weighted by molar-refractivity contribution is 1.01. The first kappa shape index (κ1) is 13.6. The molecule has 0 aliphatic rings. The van der Waals surface area contributed by atoms with Crippen molar-refractivity contribution in [3.8, 4) is 0 Å². The highest BCUT2D eigenvalue weighted by Gasteiger charge is 1.82. The number of aliphatic imine (C=N–C) groups is 1. The molecule has 0 atom stereocenters. The quantitative estimate of drug-likeness (QED) is 0.447. The Hall–Kier alpha value is -1.37. The number of rotatable bonds is 6. The van der Waals surface area contributed by atoms with E-state index in [0.29, 0.717) is 0 Å². The van der Waals surface area contributed by atoms with Gasteiger partial charge in [0.25, 0.3) is 0 Å². The number of unbranched alkanes of at least 4 members (excludes halogenated alkanes) is 1. The molecule has 0 bridgehead atoms. The Bertz CT molecular complexity index is 278. The summed E-state index contributed by atoms with van der Waals surface area (Å²) in [6.07, 6.45) is 18.2. The molecule has 0 aromatic carbocycles. The summed E-state index contributed by atoms with van der Waals surface area (Å²) in [5.74, 6) is 0. The zero-order valence-electron chi connectivity index (χ0n) is 9.98. The van der Waals surface area contributed by atoms with Crippen molar-refractivity contribution in [1.29, 1.82) is 0 Å². The fourth-order valence-corrected chi connectivity index (χ4v) is 0.906. The van der Waals surface area contributed by atoms with Crippen molar-refractivity contribution in [1.82, 2.24) is 0 Å². The maximum atomic E-state index is 4.35. The van der Waals surface area contributed by atoms with Crippen LogP contribution < -0.4 is 0 Å². The van der Waals surface area contributed by atoms with E-state index in [4.69, 9.17) is 0 Å². The van der Waals surface area contributed by atoms with Gasteiger partial charge in [0.2, 0.25) is 0 Å². The van der Waals surface area contributed by atoms with Gasteiger partial charge in [0.15, 0.2) is 0 Å². The second-order valence-electron chi connectivity index (χ2n) is 3.08. The highest BCUT2D eigenvalue weighted by Crippen LogP contribution is 1.99. The highest BCUT2D eigenvalue weighted by molar-refractivity contribution is 5.59. The fourth-order valence-electron chi connectivity index (χ4n) is 0.906. The van der Waals surface area contributed by atoms with Gasteiger partial charge >= 0.3 is 0 Å². The van der Waals surface area contributed by atoms with Gasteiger partial charge in [-0.1, -0.05) is 49.8 Å². The first-order valence-corrected chi connectivity index (χ1v) is 5.50. The Morgan fingerprint density at radius 2 is 1.80 bits per heavy atom. The van der Waals surface area contributed by atoms with Crippen molar-refractivity contribution >= 4 is 6.21 Å². The molecule has 0 radical (unpaired) electrons. The van der Waals surface area contributed by atoms with Crippen molar-refractivity contribution in [2.24, 2.45) is 4.99 Å². The zero-order chi connectivity index (χ0) is 11.4. The van der Waals surface area contributed by atoms with Crippen LogP contribution in [0.4, 0.5) is 0 Å². The molecule has 0 fully saturated rings. The third-order valence-corrected chi connectivity index (χ3v) is 1.75. The molecule has 0 spiro atoms. The summed E-state index contributed by atoms with van der Waals surface area (Å²) in [6.45, 7) is 6.15. The van der Waals surface area contributed by atoms with Gasteiger partial charge in [-0.05, 0) is 26.3 Å². The maximum absolute atomic E-state index is 4.35. The molecule has 82 valence electrons. The minimum atomic E-state index is 1.01. The molecule has 0 unspecified atom stereocenters. The van der Waals surface area contributed by atoms with Gasteiger partial charge in [-0.15, -0.1) is 0 Å². The molecule has 0 aromatic heterocycles. The lowest BCUT2D eigenvalue weighted by atomic mass is 10.3. The molecule has 1 nitrogen and oxygen atoms in total. The number of hydrogen-bond acceptors (Lipinski definition) is 1. The van der Waals surface area contributed by atoms with Gasteiger partial charge in [0, 0.05) is 6.21 Å². The standard InChI is InChI=1S/C14H21N/c1-4-7-9-10-11-12-14(6-3)15-13-8-5-2/h4,6-7,9-13H,5,8H2,1-3H3/b7-4+,10-9-,12-11-,14-6+,15-13-. The molecule has 0 N–H and O–H groups in total. The highest BCUT2D eigenvalue weighted by atomic mass is 14.7. The Morgan fingerprint density at radius 3 is 2.40 bits per heavy atom. The smallest absolute Gasteiger partial charge is 0.0583 e. The predicted molar refractivity (Wildman–Crippen MR) is 70.3 cm³/mol. The Kier molecular flexibility index (Phi) is 9.73. The molecule has 0 rings (SSSR count). The van der Waals surface area contributed by atoms with E-state index < -0.39 is 0 Å². The van der Waals surface area contributed by atoms with Crippen LogP contribution in [-0.2, 0) is 0 Å². The third kappa shape index (κ3) is 8.95. The molecule has 0 aromatic rings. The summed E-state index contributed by atoms with van der Waals surface area (Å²) in [7, 11) is 0. The van der Waals surface area contributed by atoms with Crippen LogP contribution in [0.25, 0.3) is 0 Å². The molecular weight excluding hydrogens is 182 g/mol. The van der Waals surface area contributed by atoms with Gasteiger partial charge in [-0.2, -0.15) is 0 Å². The van der Waals surface area contributed by atoms with Gasteiger partial charge in [-0.3, -0.25) is 4.99 Å². The van der Waals surface area contributed by atoms with Gasteiger partial charge in [0.1, 0.15) is 0 Å². The summed E-state index contributed by atoms with van der Waals surface area (Å²) in [5, 5.41) is 0. The summed E-state index contributed by atoms with van der Waals surface area (Å²) >= 11 is 0. The summed E-state index contributed by atoms with van der Waals surface area (Å²) in [4.78, 5) is 4.35. The summed E-state index contributed by atoms with van der Waals surface area (Å²) in [6, 6.07) is 0. The minimum absolute atomic E-state index is 1.01. The van der Waals surface area contributed by atoms with E-state index in [9.17, 15) is 0 Å². The number of hydrogen-bond donors (Lipinski definition) is 0.